The smallest absolute Gasteiger partial charge is 0.223 e. The summed E-state index contributed by atoms with van der Waals surface area (Å²) in [5.41, 5.74) is 1.80. The SMILES string of the molecule is CC(C)(C)c1ccccc1OCCNC(=O)C1CCN(Cc2ccc(Cl)cc2F)CC1. The van der Waals surface area contributed by atoms with Gasteiger partial charge in [-0.3, -0.25) is 9.69 Å². The van der Waals surface area contributed by atoms with E-state index in [1.54, 1.807) is 12.1 Å². The van der Waals surface area contributed by atoms with Crippen LogP contribution in [0.1, 0.15) is 44.7 Å². The summed E-state index contributed by atoms with van der Waals surface area (Å²) < 4.78 is 19.9. The topological polar surface area (TPSA) is 41.6 Å². The zero-order valence-electron chi connectivity index (χ0n) is 18.6. The molecule has 0 aliphatic carbocycles. The summed E-state index contributed by atoms with van der Waals surface area (Å²) in [7, 11) is 0. The molecule has 1 aliphatic heterocycles. The van der Waals surface area contributed by atoms with Crippen LogP contribution in [0.4, 0.5) is 4.39 Å². The van der Waals surface area contributed by atoms with Gasteiger partial charge in [0.1, 0.15) is 18.2 Å². The molecule has 0 unspecified atom stereocenters. The average molecular weight is 447 g/mol. The van der Waals surface area contributed by atoms with Gasteiger partial charge in [0.15, 0.2) is 0 Å². The van der Waals surface area contributed by atoms with E-state index in [1.807, 2.05) is 18.2 Å². The number of hydrogen-bond donors (Lipinski definition) is 1. The maximum atomic E-state index is 14.0. The lowest BCUT2D eigenvalue weighted by atomic mass is 9.86. The van der Waals surface area contributed by atoms with Crippen molar-refractivity contribution >= 4 is 17.5 Å². The summed E-state index contributed by atoms with van der Waals surface area (Å²) in [6.45, 7) is 9.48. The lowest BCUT2D eigenvalue weighted by molar-refractivity contribution is -0.126. The maximum absolute atomic E-state index is 14.0. The fraction of sp³-hybridized carbons (Fsp3) is 0.480. The van der Waals surface area contributed by atoms with Crippen LogP contribution >= 0.6 is 11.6 Å². The van der Waals surface area contributed by atoms with E-state index in [1.165, 1.54) is 6.07 Å². The summed E-state index contributed by atoms with van der Waals surface area (Å²) in [6, 6.07) is 12.8. The quantitative estimate of drug-likeness (QED) is 0.595. The number of hydrogen-bond acceptors (Lipinski definition) is 3. The molecule has 2 aromatic carbocycles. The van der Waals surface area contributed by atoms with Crippen LogP contribution in [0.3, 0.4) is 0 Å². The van der Waals surface area contributed by atoms with Crippen LogP contribution in [0, 0.1) is 11.7 Å². The Morgan fingerprint density at radius 1 is 1.19 bits per heavy atom. The summed E-state index contributed by atoms with van der Waals surface area (Å²) in [6.07, 6.45) is 1.55. The van der Waals surface area contributed by atoms with Crippen LogP contribution in [-0.4, -0.2) is 37.0 Å². The number of ether oxygens (including phenoxy) is 1. The zero-order chi connectivity index (χ0) is 22.4. The van der Waals surface area contributed by atoms with Gasteiger partial charge >= 0.3 is 0 Å². The van der Waals surface area contributed by atoms with Crippen LogP contribution in [-0.2, 0) is 16.8 Å². The van der Waals surface area contributed by atoms with Crippen molar-refractivity contribution in [2.24, 2.45) is 5.92 Å². The molecule has 0 radical (unpaired) electrons. The van der Waals surface area contributed by atoms with Crippen molar-refractivity contribution in [1.29, 1.82) is 0 Å². The zero-order valence-corrected chi connectivity index (χ0v) is 19.3. The third-order valence-corrected chi connectivity index (χ3v) is 5.96. The van der Waals surface area contributed by atoms with E-state index >= 15 is 0 Å². The molecule has 1 fully saturated rings. The number of nitrogens with zero attached hydrogens (tertiary/aromatic N) is 1. The first-order chi connectivity index (χ1) is 14.7. The van der Waals surface area contributed by atoms with Crippen molar-refractivity contribution in [2.75, 3.05) is 26.2 Å². The summed E-state index contributed by atoms with van der Waals surface area (Å²) in [5.74, 6) is 0.658. The van der Waals surface area contributed by atoms with Gasteiger partial charge in [0.25, 0.3) is 0 Å². The number of rotatable bonds is 7. The number of piperidine rings is 1. The number of likely N-dealkylation sites (tertiary alicyclic amines) is 1. The number of carbonyl (C=O) groups excluding carboxylic acids is 1. The van der Waals surface area contributed by atoms with Crippen molar-refractivity contribution in [3.63, 3.8) is 0 Å². The first-order valence-corrected chi connectivity index (χ1v) is 11.3. The second-order valence-electron chi connectivity index (χ2n) is 9.17. The monoisotopic (exact) mass is 446 g/mol. The van der Waals surface area contributed by atoms with Gasteiger partial charge in [-0.2, -0.15) is 0 Å². The summed E-state index contributed by atoms with van der Waals surface area (Å²) >= 11 is 5.82. The minimum Gasteiger partial charge on any atom is -0.491 e. The highest BCUT2D eigenvalue weighted by atomic mass is 35.5. The Kier molecular flexibility index (Phi) is 7.95. The van der Waals surface area contributed by atoms with Crippen molar-refractivity contribution in [2.45, 2.75) is 45.6 Å². The molecule has 0 bridgehead atoms. The highest BCUT2D eigenvalue weighted by molar-refractivity contribution is 6.30. The van der Waals surface area contributed by atoms with Crippen molar-refractivity contribution < 1.29 is 13.9 Å². The second kappa shape index (κ2) is 10.5. The molecule has 0 atom stereocenters. The Bertz CT molecular complexity index is 889. The standard InChI is InChI=1S/C25H32ClFN2O2/c1-25(2,3)21-6-4-5-7-23(21)31-15-12-28-24(30)18-10-13-29(14-11-18)17-19-8-9-20(26)16-22(19)27/h4-9,16,18H,10-15,17H2,1-3H3,(H,28,30). The molecule has 4 nitrogen and oxygen atoms in total. The number of amides is 1. The minimum atomic E-state index is -0.277. The predicted octanol–water partition coefficient (Wildman–Crippen LogP) is 5.18. The molecule has 0 aromatic heterocycles. The lowest BCUT2D eigenvalue weighted by Crippen LogP contribution is -2.41. The van der Waals surface area contributed by atoms with Crippen molar-refractivity contribution in [1.82, 2.24) is 10.2 Å². The van der Waals surface area contributed by atoms with Gasteiger partial charge < -0.3 is 10.1 Å². The van der Waals surface area contributed by atoms with Gasteiger partial charge in [-0.05, 0) is 55.1 Å². The number of carbonyl (C=O) groups is 1. The Morgan fingerprint density at radius 2 is 1.90 bits per heavy atom. The normalized spacial score (nSPS) is 15.6. The molecule has 6 heteroatoms. The predicted molar refractivity (Wildman–Crippen MR) is 123 cm³/mol. The Labute approximate surface area is 189 Å². The molecule has 1 N–H and O–H groups in total. The lowest BCUT2D eigenvalue weighted by Gasteiger charge is -2.31. The third kappa shape index (κ3) is 6.68. The molecule has 31 heavy (non-hydrogen) atoms. The molecular weight excluding hydrogens is 415 g/mol. The van der Waals surface area contributed by atoms with Crippen LogP contribution in [0.25, 0.3) is 0 Å². The van der Waals surface area contributed by atoms with Gasteiger partial charge in [-0.1, -0.05) is 56.6 Å². The van der Waals surface area contributed by atoms with Crippen LogP contribution in [0.2, 0.25) is 5.02 Å². The van der Waals surface area contributed by atoms with Crippen LogP contribution in [0.5, 0.6) is 5.75 Å². The Hall–Kier alpha value is -2.11. The van der Waals surface area contributed by atoms with Crippen molar-refractivity contribution in [3.05, 3.63) is 64.4 Å². The fourth-order valence-corrected chi connectivity index (χ4v) is 4.09. The molecule has 2 aromatic rings. The first-order valence-electron chi connectivity index (χ1n) is 10.9. The minimum absolute atomic E-state index is 0.00272. The molecule has 0 saturated carbocycles. The van der Waals surface area contributed by atoms with Crippen LogP contribution in [0.15, 0.2) is 42.5 Å². The van der Waals surface area contributed by atoms with Crippen molar-refractivity contribution in [3.8, 4) is 5.75 Å². The van der Waals surface area contributed by atoms with E-state index in [9.17, 15) is 9.18 Å². The van der Waals surface area contributed by atoms with Gasteiger partial charge in [-0.15, -0.1) is 0 Å². The van der Waals surface area contributed by atoms with E-state index in [0.717, 1.165) is 37.2 Å². The van der Waals surface area contributed by atoms with E-state index in [0.29, 0.717) is 30.3 Å². The molecule has 1 amide bonds. The Morgan fingerprint density at radius 3 is 2.58 bits per heavy atom. The van der Waals surface area contributed by atoms with Gasteiger partial charge in [0.2, 0.25) is 5.91 Å². The summed E-state index contributed by atoms with van der Waals surface area (Å²) in [5, 5.41) is 3.41. The summed E-state index contributed by atoms with van der Waals surface area (Å²) in [4.78, 5) is 14.7. The van der Waals surface area contributed by atoms with Gasteiger partial charge in [0.05, 0.1) is 6.54 Å². The van der Waals surface area contributed by atoms with E-state index < -0.39 is 0 Å². The third-order valence-electron chi connectivity index (χ3n) is 5.72. The number of benzene rings is 2. The first kappa shape index (κ1) is 23.6. The highest BCUT2D eigenvalue weighted by Gasteiger charge is 2.25. The van der Waals surface area contributed by atoms with Gasteiger partial charge in [0, 0.05) is 23.0 Å². The number of nitrogens with one attached hydrogen (secondary N) is 1. The van der Waals surface area contributed by atoms with Gasteiger partial charge in [-0.25, -0.2) is 4.39 Å². The average Bonchev–Trinajstić information content (AvgIpc) is 2.73. The molecule has 1 saturated heterocycles. The highest BCUT2D eigenvalue weighted by Crippen LogP contribution is 2.30. The Balaban J connectivity index is 1.40. The molecule has 3 rings (SSSR count). The molecule has 1 aliphatic rings. The second-order valence-corrected chi connectivity index (χ2v) is 9.61. The molecule has 0 spiro atoms. The number of para-hydroxylation sites is 1. The van der Waals surface area contributed by atoms with Crippen LogP contribution < -0.4 is 10.1 Å². The molecule has 168 valence electrons. The number of halogens is 2. The fourth-order valence-electron chi connectivity index (χ4n) is 3.94. The molecule has 1 heterocycles. The maximum Gasteiger partial charge on any atom is 0.223 e. The molecular formula is C25H32ClFN2O2. The van der Waals surface area contributed by atoms with E-state index in [2.05, 4.69) is 37.1 Å². The van der Waals surface area contributed by atoms with E-state index in [-0.39, 0.29) is 23.1 Å². The largest absolute Gasteiger partial charge is 0.491 e. The van der Waals surface area contributed by atoms with E-state index in [4.69, 9.17) is 16.3 Å².